The number of hydrogen-bond donors (Lipinski definition) is 1. The highest BCUT2D eigenvalue weighted by atomic mass is 16.5. The van der Waals surface area contributed by atoms with Crippen molar-refractivity contribution in [2.24, 2.45) is 5.73 Å². The van der Waals surface area contributed by atoms with Crippen molar-refractivity contribution in [3.63, 3.8) is 0 Å². The van der Waals surface area contributed by atoms with Crippen LogP contribution in [0.2, 0.25) is 0 Å². The standard InChI is InChI=1S/C15H21N3O2/c16-10-12-3-4-14(20-12)15(19)18-9-1-2-13(18)11-5-7-17-8-6-11/h5-8,12-14H,1-4,9-10,16H2. The van der Waals surface area contributed by atoms with Crippen molar-refractivity contribution >= 4 is 5.91 Å². The summed E-state index contributed by atoms with van der Waals surface area (Å²) in [6, 6.07) is 4.16. The number of carbonyl (C=O) groups is 1. The van der Waals surface area contributed by atoms with E-state index in [4.69, 9.17) is 10.5 Å². The van der Waals surface area contributed by atoms with Gasteiger partial charge in [-0.3, -0.25) is 9.78 Å². The first-order valence-corrected chi connectivity index (χ1v) is 7.35. The summed E-state index contributed by atoms with van der Waals surface area (Å²) in [5, 5.41) is 0. The highest BCUT2D eigenvalue weighted by molar-refractivity contribution is 5.82. The van der Waals surface area contributed by atoms with E-state index in [-0.39, 0.29) is 24.2 Å². The molecule has 1 aromatic rings. The van der Waals surface area contributed by atoms with Crippen LogP contribution < -0.4 is 5.73 Å². The van der Waals surface area contributed by atoms with E-state index in [1.54, 1.807) is 12.4 Å². The highest BCUT2D eigenvalue weighted by Gasteiger charge is 2.37. The van der Waals surface area contributed by atoms with Gasteiger partial charge in [0.15, 0.2) is 0 Å². The topological polar surface area (TPSA) is 68.5 Å². The Labute approximate surface area is 119 Å². The zero-order valence-electron chi connectivity index (χ0n) is 11.6. The Bertz CT molecular complexity index is 465. The summed E-state index contributed by atoms with van der Waals surface area (Å²) in [6.45, 7) is 1.32. The van der Waals surface area contributed by atoms with Crippen molar-refractivity contribution < 1.29 is 9.53 Å². The number of ether oxygens (including phenoxy) is 1. The van der Waals surface area contributed by atoms with Gasteiger partial charge in [-0.2, -0.15) is 0 Å². The van der Waals surface area contributed by atoms with Gasteiger partial charge in [0.2, 0.25) is 0 Å². The van der Waals surface area contributed by atoms with Gasteiger partial charge in [-0.25, -0.2) is 0 Å². The van der Waals surface area contributed by atoms with Gasteiger partial charge in [0, 0.05) is 25.5 Å². The van der Waals surface area contributed by atoms with E-state index in [0.29, 0.717) is 6.54 Å². The monoisotopic (exact) mass is 275 g/mol. The van der Waals surface area contributed by atoms with Crippen LogP contribution in [0.4, 0.5) is 0 Å². The largest absolute Gasteiger partial charge is 0.364 e. The molecule has 5 nitrogen and oxygen atoms in total. The smallest absolute Gasteiger partial charge is 0.252 e. The summed E-state index contributed by atoms with van der Waals surface area (Å²) in [6.07, 6.45) is 7.06. The van der Waals surface area contributed by atoms with Crippen LogP contribution in [-0.4, -0.2) is 41.1 Å². The quantitative estimate of drug-likeness (QED) is 0.901. The molecule has 3 heterocycles. The maximum atomic E-state index is 12.6. The van der Waals surface area contributed by atoms with E-state index in [0.717, 1.165) is 32.2 Å². The number of nitrogens with zero attached hydrogens (tertiary/aromatic N) is 2. The van der Waals surface area contributed by atoms with Crippen LogP contribution in [0.1, 0.15) is 37.3 Å². The number of rotatable bonds is 3. The molecular formula is C15H21N3O2. The van der Waals surface area contributed by atoms with Crippen LogP contribution in [0.5, 0.6) is 0 Å². The lowest BCUT2D eigenvalue weighted by Gasteiger charge is -2.27. The molecule has 5 heteroatoms. The fourth-order valence-corrected chi connectivity index (χ4v) is 3.21. The number of hydrogen-bond acceptors (Lipinski definition) is 4. The van der Waals surface area contributed by atoms with Crippen molar-refractivity contribution in [1.82, 2.24) is 9.88 Å². The van der Waals surface area contributed by atoms with E-state index in [1.807, 2.05) is 17.0 Å². The van der Waals surface area contributed by atoms with Gasteiger partial charge in [0.1, 0.15) is 6.10 Å². The second-order valence-electron chi connectivity index (χ2n) is 5.53. The third-order valence-electron chi connectivity index (χ3n) is 4.27. The number of amides is 1. The van der Waals surface area contributed by atoms with Gasteiger partial charge in [-0.1, -0.05) is 0 Å². The van der Waals surface area contributed by atoms with Gasteiger partial charge < -0.3 is 15.4 Å². The van der Waals surface area contributed by atoms with Crippen LogP contribution >= 0.6 is 0 Å². The Hall–Kier alpha value is -1.46. The Morgan fingerprint density at radius 2 is 2.15 bits per heavy atom. The van der Waals surface area contributed by atoms with Crippen LogP contribution in [0.15, 0.2) is 24.5 Å². The van der Waals surface area contributed by atoms with Gasteiger partial charge in [-0.15, -0.1) is 0 Å². The molecule has 0 aliphatic carbocycles. The fraction of sp³-hybridized carbons (Fsp3) is 0.600. The van der Waals surface area contributed by atoms with Crippen molar-refractivity contribution in [3.8, 4) is 0 Å². The molecule has 0 saturated carbocycles. The first-order valence-electron chi connectivity index (χ1n) is 7.35. The van der Waals surface area contributed by atoms with Crippen molar-refractivity contribution in [3.05, 3.63) is 30.1 Å². The second kappa shape index (κ2) is 5.89. The molecule has 3 unspecified atom stereocenters. The average Bonchev–Trinajstić information content (AvgIpc) is 3.16. The molecule has 0 spiro atoms. The zero-order chi connectivity index (χ0) is 13.9. The number of pyridine rings is 1. The molecule has 108 valence electrons. The Morgan fingerprint density at radius 1 is 1.35 bits per heavy atom. The molecule has 1 amide bonds. The predicted molar refractivity (Wildman–Crippen MR) is 74.9 cm³/mol. The third kappa shape index (κ3) is 2.55. The molecule has 20 heavy (non-hydrogen) atoms. The Kier molecular flexibility index (Phi) is 3.98. The Morgan fingerprint density at radius 3 is 2.85 bits per heavy atom. The van der Waals surface area contributed by atoms with Crippen molar-refractivity contribution in [1.29, 1.82) is 0 Å². The molecule has 1 aromatic heterocycles. The van der Waals surface area contributed by atoms with E-state index in [1.165, 1.54) is 5.56 Å². The lowest BCUT2D eigenvalue weighted by molar-refractivity contribution is -0.143. The summed E-state index contributed by atoms with van der Waals surface area (Å²) in [7, 11) is 0. The highest BCUT2D eigenvalue weighted by Crippen LogP contribution is 2.33. The Balaban J connectivity index is 1.71. The molecule has 0 aromatic carbocycles. The summed E-state index contributed by atoms with van der Waals surface area (Å²) in [5.41, 5.74) is 6.78. The maximum absolute atomic E-state index is 12.6. The third-order valence-corrected chi connectivity index (χ3v) is 4.27. The predicted octanol–water partition coefficient (Wildman–Crippen LogP) is 1.25. The number of likely N-dealkylation sites (tertiary alicyclic amines) is 1. The second-order valence-corrected chi connectivity index (χ2v) is 5.53. The molecule has 0 bridgehead atoms. The minimum absolute atomic E-state index is 0.0472. The van der Waals surface area contributed by atoms with Crippen LogP contribution in [0.3, 0.4) is 0 Å². The van der Waals surface area contributed by atoms with Crippen LogP contribution in [0, 0.1) is 0 Å². The van der Waals surface area contributed by atoms with E-state index in [9.17, 15) is 4.79 Å². The minimum Gasteiger partial charge on any atom is -0.364 e. The number of nitrogens with two attached hydrogens (primary N) is 1. The minimum atomic E-state index is -0.300. The molecular weight excluding hydrogens is 254 g/mol. The van der Waals surface area contributed by atoms with Crippen molar-refractivity contribution in [2.75, 3.05) is 13.1 Å². The average molecular weight is 275 g/mol. The molecule has 2 aliphatic heterocycles. The SMILES string of the molecule is NCC1CCC(C(=O)N2CCCC2c2ccncc2)O1. The number of aromatic nitrogens is 1. The van der Waals surface area contributed by atoms with Crippen LogP contribution in [-0.2, 0) is 9.53 Å². The lowest BCUT2D eigenvalue weighted by Crippen LogP contribution is -2.39. The molecule has 2 fully saturated rings. The molecule has 3 atom stereocenters. The van der Waals surface area contributed by atoms with Crippen molar-refractivity contribution in [2.45, 2.75) is 43.9 Å². The molecule has 3 rings (SSSR count). The van der Waals surface area contributed by atoms with E-state index in [2.05, 4.69) is 4.98 Å². The molecule has 0 radical (unpaired) electrons. The van der Waals surface area contributed by atoms with E-state index >= 15 is 0 Å². The van der Waals surface area contributed by atoms with Gasteiger partial charge in [0.05, 0.1) is 12.1 Å². The molecule has 2 aliphatic rings. The maximum Gasteiger partial charge on any atom is 0.252 e. The summed E-state index contributed by atoms with van der Waals surface area (Å²) < 4.78 is 5.74. The first-order chi connectivity index (χ1) is 9.79. The lowest BCUT2D eigenvalue weighted by atomic mass is 10.1. The van der Waals surface area contributed by atoms with E-state index < -0.39 is 0 Å². The molecule has 2 saturated heterocycles. The first kappa shape index (κ1) is 13.5. The normalized spacial score (nSPS) is 29.9. The zero-order valence-corrected chi connectivity index (χ0v) is 11.6. The summed E-state index contributed by atoms with van der Waals surface area (Å²) in [5.74, 6) is 0.125. The van der Waals surface area contributed by atoms with Crippen LogP contribution in [0.25, 0.3) is 0 Å². The fourth-order valence-electron chi connectivity index (χ4n) is 3.21. The van der Waals surface area contributed by atoms with Gasteiger partial charge >= 0.3 is 0 Å². The summed E-state index contributed by atoms with van der Waals surface area (Å²) in [4.78, 5) is 18.7. The summed E-state index contributed by atoms with van der Waals surface area (Å²) >= 11 is 0. The molecule has 2 N–H and O–H groups in total. The van der Waals surface area contributed by atoms with Gasteiger partial charge in [0.25, 0.3) is 5.91 Å². The van der Waals surface area contributed by atoms with Gasteiger partial charge in [-0.05, 0) is 43.4 Å². The number of carbonyl (C=O) groups excluding carboxylic acids is 1.